The molecule has 1 aliphatic rings. The number of carbonyl (C=O) groups is 3. The molecule has 3 aromatic carbocycles. The van der Waals surface area contributed by atoms with Crippen LogP contribution in [-0.4, -0.2) is 22.0 Å². The van der Waals surface area contributed by atoms with E-state index in [0.717, 1.165) is 0 Å². The molecule has 0 spiro atoms. The van der Waals surface area contributed by atoms with Gasteiger partial charge in [-0.3, -0.25) is 19.0 Å². The molecule has 0 aliphatic heterocycles. The van der Waals surface area contributed by atoms with Crippen molar-refractivity contribution >= 4 is 28.8 Å². The number of carbonyl (C=O) groups excluding carboxylic acids is 3. The van der Waals surface area contributed by atoms with E-state index in [9.17, 15) is 14.4 Å². The minimum absolute atomic E-state index is 0.184. The molecule has 6 heteroatoms. The Bertz CT molecular complexity index is 1400. The Morgan fingerprint density at radius 1 is 0.767 bits per heavy atom. The Labute approximate surface area is 175 Å². The number of nitrogens with zero attached hydrogens (tertiary/aromatic N) is 2. The summed E-state index contributed by atoms with van der Waals surface area (Å²) in [7, 11) is 0. The molecule has 0 unspecified atom stereocenters. The third-order valence-corrected chi connectivity index (χ3v) is 5.75. The van der Waals surface area contributed by atoms with Gasteiger partial charge in [-0.1, -0.05) is 54.6 Å². The molecule has 4 aromatic rings. The smallest absolute Gasteiger partial charge is 0.279 e. The first-order chi connectivity index (χ1) is 14.6. The molecular weight excluding hydrogens is 396 g/mol. The van der Waals surface area contributed by atoms with Crippen LogP contribution in [0.4, 0.5) is 0 Å². The van der Waals surface area contributed by atoms with Crippen LogP contribution in [0, 0.1) is 0 Å². The first-order valence-electron chi connectivity index (χ1n) is 9.27. The minimum atomic E-state index is -0.371. The van der Waals surface area contributed by atoms with Crippen molar-refractivity contribution in [3.8, 4) is 5.69 Å². The van der Waals surface area contributed by atoms with Gasteiger partial charge < -0.3 is 0 Å². The first-order valence-corrected chi connectivity index (χ1v) is 10.1. The second kappa shape index (κ2) is 7.17. The summed E-state index contributed by atoms with van der Waals surface area (Å²) in [5, 5.41) is 1.79. The highest BCUT2D eigenvalue weighted by Gasteiger charge is 2.31. The molecule has 0 atom stereocenters. The van der Waals surface area contributed by atoms with Gasteiger partial charge in [-0.25, -0.2) is 0 Å². The van der Waals surface area contributed by atoms with Gasteiger partial charge in [0.2, 0.25) is 0 Å². The maximum atomic E-state index is 13.3. The highest BCUT2D eigenvalue weighted by Crippen LogP contribution is 2.30. The van der Waals surface area contributed by atoms with E-state index >= 15 is 0 Å². The molecule has 144 valence electrons. The van der Waals surface area contributed by atoms with Gasteiger partial charge in [0.15, 0.2) is 16.4 Å². The summed E-state index contributed by atoms with van der Waals surface area (Å²) in [4.78, 5) is 43.5. The van der Waals surface area contributed by atoms with Crippen molar-refractivity contribution in [1.29, 1.82) is 0 Å². The van der Waals surface area contributed by atoms with Crippen molar-refractivity contribution in [2.24, 2.45) is 4.99 Å². The van der Waals surface area contributed by atoms with Crippen LogP contribution in [0.1, 0.15) is 42.2 Å². The molecule has 1 aromatic heterocycles. The molecule has 30 heavy (non-hydrogen) atoms. The number of ketones is 2. The summed E-state index contributed by atoms with van der Waals surface area (Å²) in [6.07, 6.45) is 1.75. The second-order valence-corrected chi connectivity index (χ2v) is 7.62. The van der Waals surface area contributed by atoms with Crippen molar-refractivity contribution in [3.05, 3.63) is 117 Å². The van der Waals surface area contributed by atoms with Gasteiger partial charge in [0, 0.05) is 33.8 Å². The molecule has 0 N–H and O–H groups in total. The fourth-order valence-corrected chi connectivity index (χ4v) is 4.31. The number of fused-ring (bicyclic) bond motifs is 2. The Morgan fingerprint density at radius 3 is 2.20 bits per heavy atom. The SMILES string of the molecule is O=C(N=c1sccn1-c1cccc2c1C(=O)c1ccccc1C2=O)c1ccccc1. The predicted molar refractivity (Wildman–Crippen MR) is 113 cm³/mol. The number of benzene rings is 3. The van der Waals surface area contributed by atoms with Crippen LogP contribution in [0.5, 0.6) is 0 Å². The lowest BCUT2D eigenvalue weighted by Gasteiger charge is -2.20. The third-order valence-electron chi connectivity index (χ3n) is 5.00. The summed E-state index contributed by atoms with van der Waals surface area (Å²) in [5.41, 5.74) is 2.49. The Hall–Kier alpha value is -3.90. The summed E-state index contributed by atoms with van der Waals surface area (Å²) in [5.74, 6) is -0.768. The average Bonchev–Trinajstić information content (AvgIpc) is 3.25. The van der Waals surface area contributed by atoms with Gasteiger partial charge in [-0.05, 0) is 18.2 Å². The van der Waals surface area contributed by atoms with E-state index < -0.39 is 0 Å². The normalized spacial score (nSPS) is 13.1. The maximum Gasteiger partial charge on any atom is 0.279 e. The molecule has 0 radical (unpaired) electrons. The lowest BCUT2D eigenvalue weighted by molar-refractivity contribution is 0.0979. The van der Waals surface area contributed by atoms with Crippen LogP contribution < -0.4 is 4.80 Å². The molecule has 5 rings (SSSR count). The standard InChI is InChI=1S/C24H14N2O3S/c27-21-16-9-4-5-10-17(16)22(28)20-18(21)11-6-12-19(20)26-13-14-30-24(26)25-23(29)15-7-2-1-3-8-15/h1-14H. The fraction of sp³-hybridized carbons (Fsp3) is 0. The molecule has 0 bridgehead atoms. The maximum absolute atomic E-state index is 13.3. The van der Waals surface area contributed by atoms with Gasteiger partial charge in [0.05, 0.1) is 11.3 Å². The van der Waals surface area contributed by atoms with Gasteiger partial charge in [0.25, 0.3) is 5.91 Å². The molecule has 1 aliphatic carbocycles. The summed E-state index contributed by atoms with van der Waals surface area (Å²) >= 11 is 1.28. The molecule has 0 saturated heterocycles. The van der Waals surface area contributed by atoms with E-state index in [0.29, 0.717) is 38.3 Å². The Morgan fingerprint density at radius 2 is 1.43 bits per heavy atom. The summed E-state index contributed by atoms with van der Waals surface area (Å²) < 4.78 is 1.68. The van der Waals surface area contributed by atoms with Crippen molar-refractivity contribution in [2.75, 3.05) is 0 Å². The number of rotatable bonds is 2. The monoisotopic (exact) mass is 410 g/mol. The third kappa shape index (κ3) is 2.86. The van der Waals surface area contributed by atoms with Gasteiger partial charge in [-0.15, -0.1) is 11.3 Å². The number of amides is 1. The van der Waals surface area contributed by atoms with Crippen molar-refractivity contribution in [2.45, 2.75) is 0 Å². The van der Waals surface area contributed by atoms with Crippen LogP contribution >= 0.6 is 11.3 Å². The van der Waals surface area contributed by atoms with Crippen LogP contribution in [0.15, 0.2) is 89.4 Å². The zero-order chi connectivity index (χ0) is 20.7. The van der Waals surface area contributed by atoms with E-state index in [1.807, 2.05) is 6.07 Å². The number of aromatic nitrogens is 1. The predicted octanol–water partition coefficient (Wildman–Crippen LogP) is 4.06. The molecular formula is C24H14N2O3S. The Balaban J connectivity index is 1.68. The fourth-order valence-electron chi connectivity index (χ4n) is 3.60. The van der Waals surface area contributed by atoms with Crippen LogP contribution in [-0.2, 0) is 0 Å². The van der Waals surface area contributed by atoms with Crippen molar-refractivity contribution < 1.29 is 14.4 Å². The van der Waals surface area contributed by atoms with Crippen LogP contribution in [0.3, 0.4) is 0 Å². The van der Waals surface area contributed by atoms with Gasteiger partial charge >= 0.3 is 0 Å². The van der Waals surface area contributed by atoms with E-state index in [1.54, 1.807) is 82.9 Å². The first kappa shape index (κ1) is 18.1. The summed E-state index contributed by atoms with van der Waals surface area (Å²) in [6, 6.07) is 20.8. The van der Waals surface area contributed by atoms with E-state index in [4.69, 9.17) is 0 Å². The summed E-state index contributed by atoms with van der Waals surface area (Å²) in [6.45, 7) is 0. The number of thiazole rings is 1. The second-order valence-electron chi connectivity index (χ2n) is 6.74. The van der Waals surface area contributed by atoms with E-state index in [2.05, 4.69) is 4.99 Å². The topological polar surface area (TPSA) is 68.5 Å². The lowest BCUT2D eigenvalue weighted by Crippen LogP contribution is -2.25. The molecule has 1 amide bonds. The largest absolute Gasteiger partial charge is 0.292 e. The van der Waals surface area contributed by atoms with Crippen molar-refractivity contribution in [3.63, 3.8) is 0 Å². The van der Waals surface area contributed by atoms with Gasteiger partial charge in [0.1, 0.15) is 0 Å². The molecule has 1 heterocycles. The molecule has 0 fully saturated rings. The van der Waals surface area contributed by atoms with Crippen LogP contribution in [0.2, 0.25) is 0 Å². The van der Waals surface area contributed by atoms with Crippen LogP contribution in [0.25, 0.3) is 5.69 Å². The zero-order valence-electron chi connectivity index (χ0n) is 15.6. The van der Waals surface area contributed by atoms with Gasteiger partial charge in [-0.2, -0.15) is 4.99 Å². The molecule has 5 nitrogen and oxygen atoms in total. The highest BCUT2D eigenvalue weighted by atomic mass is 32.1. The lowest BCUT2D eigenvalue weighted by atomic mass is 9.83. The minimum Gasteiger partial charge on any atom is -0.292 e. The highest BCUT2D eigenvalue weighted by molar-refractivity contribution is 7.07. The van der Waals surface area contributed by atoms with E-state index in [-0.39, 0.29) is 17.5 Å². The number of hydrogen-bond donors (Lipinski definition) is 0. The number of hydrogen-bond acceptors (Lipinski definition) is 4. The quantitative estimate of drug-likeness (QED) is 0.441. The Kier molecular flexibility index (Phi) is 4.34. The van der Waals surface area contributed by atoms with Crippen molar-refractivity contribution in [1.82, 2.24) is 4.57 Å². The molecule has 0 saturated carbocycles. The van der Waals surface area contributed by atoms with E-state index in [1.165, 1.54) is 11.3 Å². The zero-order valence-corrected chi connectivity index (χ0v) is 16.4. The average molecular weight is 410 g/mol.